The van der Waals surface area contributed by atoms with E-state index in [-0.39, 0.29) is 0 Å². The highest BCUT2D eigenvalue weighted by Crippen LogP contribution is 1.86. The van der Waals surface area contributed by atoms with Crippen molar-refractivity contribution in [3.8, 4) is 0 Å². The van der Waals surface area contributed by atoms with E-state index in [1.165, 1.54) is 0 Å². The molecule has 0 aromatic rings. The van der Waals surface area contributed by atoms with Gasteiger partial charge in [-0.1, -0.05) is 24.9 Å². The highest BCUT2D eigenvalue weighted by atomic mass is 35.5. The van der Waals surface area contributed by atoms with Gasteiger partial charge in [-0.05, 0) is 6.42 Å². The van der Waals surface area contributed by atoms with Crippen LogP contribution in [0, 0.1) is 6.42 Å². The Hall–Kier alpha value is 0.250. The van der Waals surface area contributed by atoms with Crippen molar-refractivity contribution >= 4 is 11.6 Å². The number of alkyl halides is 1. The number of unbranched alkanes of at least 4 members (excludes halogenated alkanes) is 1. The lowest BCUT2D eigenvalue weighted by Crippen LogP contribution is -1.90. The van der Waals surface area contributed by atoms with Crippen molar-refractivity contribution in [3.05, 3.63) is 6.42 Å². The molecule has 0 spiro atoms. The fourth-order valence-electron chi connectivity index (χ4n) is 0.246. The maximum absolute atomic E-state index is 5.20. The molecule has 0 atom stereocenters. The molecule has 1 radical (unpaired) electrons. The molecule has 1 nitrogen and oxygen atoms in total. The number of hydrogen-bond donors (Lipinski definition) is 0. The summed E-state index contributed by atoms with van der Waals surface area (Å²) >= 11 is 5.20. The van der Waals surface area contributed by atoms with Crippen LogP contribution in [0.1, 0.15) is 13.3 Å². The van der Waals surface area contributed by atoms with Crippen LogP contribution in [-0.4, -0.2) is 12.7 Å². The summed E-state index contributed by atoms with van der Waals surface area (Å²) in [6.07, 6.45) is 3.08. The van der Waals surface area contributed by atoms with Crippen molar-refractivity contribution in [1.29, 1.82) is 0 Å². The summed E-state index contributed by atoms with van der Waals surface area (Å²) in [5, 5.41) is 0. The molecule has 7 heavy (non-hydrogen) atoms. The highest BCUT2D eigenvalue weighted by molar-refractivity contribution is 6.17. The van der Waals surface area contributed by atoms with Gasteiger partial charge < -0.3 is 4.74 Å². The van der Waals surface area contributed by atoms with E-state index in [0.29, 0.717) is 12.7 Å². The number of rotatable bonds is 4. The minimum absolute atomic E-state index is 0.302. The van der Waals surface area contributed by atoms with Gasteiger partial charge in [0.05, 0.1) is 6.61 Å². The molecule has 0 bridgehead atoms. The zero-order valence-corrected chi connectivity index (χ0v) is 5.24. The van der Waals surface area contributed by atoms with Crippen LogP contribution in [0.5, 0.6) is 0 Å². The van der Waals surface area contributed by atoms with E-state index in [4.69, 9.17) is 16.3 Å². The van der Waals surface area contributed by atoms with Gasteiger partial charge in [-0.2, -0.15) is 0 Å². The van der Waals surface area contributed by atoms with Crippen molar-refractivity contribution in [3.63, 3.8) is 0 Å². The summed E-state index contributed by atoms with van der Waals surface area (Å²) < 4.78 is 4.78. The molecule has 0 fully saturated rings. The fraction of sp³-hybridized carbons (Fsp3) is 0.800. The predicted octanol–water partition coefficient (Wildman–Crippen LogP) is 1.81. The van der Waals surface area contributed by atoms with E-state index in [1.807, 2.05) is 6.42 Å². The summed E-state index contributed by atoms with van der Waals surface area (Å²) in [6, 6.07) is 0.302. The van der Waals surface area contributed by atoms with Gasteiger partial charge in [-0.25, -0.2) is 0 Å². The second kappa shape index (κ2) is 6.25. The van der Waals surface area contributed by atoms with E-state index in [2.05, 4.69) is 6.92 Å². The first kappa shape index (κ1) is 7.25. The van der Waals surface area contributed by atoms with Crippen LogP contribution in [0.2, 0.25) is 0 Å². The van der Waals surface area contributed by atoms with Crippen molar-refractivity contribution in [1.82, 2.24) is 0 Å². The van der Waals surface area contributed by atoms with Crippen molar-refractivity contribution in [2.45, 2.75) is 13.3 Å². The summed E-state index contributed by atoms with van der Waals surface area (Å²) in [7, 11) is 0. The van der Waals surface area contributed by atoms with Crippen LogP contribution in [0.25, 0.3) is 0 Å². The Kier molecular flexibility index (Phi) is 6.47. The Morgan fingerprint density at radius 2 is 2.43 bits per heavy atom. The molecule has 0 aliphatic rings. The van der Waals surface area contributed by atoms with E-state index in [9.17, 15) is 0 Å². The molecule has 0 amide bonds. The Labute approximate surface area is 49.6 Å². The van der Waals surface area contributed by atoms with Crippen LogP contribution >= 0.6 is 11.6 Å². The van der Waals surface area contributed by atoms with Crippen LogP contribution in [0.3, 0.4) is 0 Å². The van der Waals surface area contributed by atoms with Crippen LogP contribution in [0.15, 0.2) is 0 Å². The molecule has 0 aromatic carbocycles. The Bertz CT molecular complexity index is 27.3. The van der Waals surface area contributed by atoms with E-state index in [0.717, 1.165) is 6.42 Å². The number of ether oxygens (including phenoxy) is 1. The first-order valence-corrected chi connectivity index (χ1v) is 2.90. The van der Waals surface area contributed by atoms with Gasteiger partial charge in [-0.3, -0.25) is 0 Å². The largest absolute Gasteiger partial charge is 0.365 e. The second-order valence-electron chi connectivity index (χ2n) is 1.18. The van der Waals surface area contributed by atoms with Gasteiger partial charge >= 0.3 is 0 Å². The van der Waals surface area contributed by atoms with Crippen molar-refractivity contribution in [2.24, 2.45) is 0 Å². The van der Waals surface area contributed by atoms with Crippen LogP contribution in [-0.2, 0) is 4.74 Å². The maximum atomic E-state index is 5.20. The monoisotopic (exact) mass is 121 g/mol. The third kappa shape index (κ3) is 6.25. The Balaban J connectivity index is 2.45. The molecular weight excluding hydrogens is 112 g/mol. The zero-order valence-electron chi connectivity index (χ0n) is 4.48. The Morgan fingerprint density at radius 1 is 1.71 bits per heavy atom. The minimum Gasteiger partial charge on any atom is -0.365 e. The molecular formula is C5H10ClO. The molecule has 0 heterocycles. The number of hydrogen-bond acceptors (Lipinski definition) is 1. The molecule has 0 rings (SSSR count). The SMILES string of the molecule is CC[CH]COCCl. The molecule has 43 valence electrons. The third-order valence-electron chi connectivity index (χ3n) is 0.602. The van der Waals surface area contributed by atoms with Gasteiger partial charge in [0.2, 0.25) is 0 Å². The zero-order chi connectivity index (χ0) is 5.54. The first-order chi connectivity index (χ1) is 3.41. The van der Waals surface area contributed by atoms with E-state index >= 15 is 0 Å². The average molecular weight is 122 g/mol. The standard InChI is InChI=1S/C5H10ClO/c1-2-3-4-7-5-6/h3H,2,4-5H2,1H3. The molecule has 0 aliphatic carbocycles. The fourth-order valence-corrected chi connectivity index (χ4v) is 0.335. The van der Waals surface area contributed by atoms with Gasteiger partial charge in [0, 0.05) is 0 Å². The normalized spacial score (nSPS) is 9.43. The smallest absolute Gasteiger partial charge is 0.120 e. The van der Waals surface area contributed by atoms with Gasteiger partial charge in [0.1, 0.15) is 6.07 Å². The van der Waals surface area contributed by atoms with E-state index in [1.54, 1.807) is 0 Å². The van der Waals surface area contributed by atoms with Crippen LogP contribution < -0.4 is 0 Å². The summed E-state index contributed by atoms with van der Waals surface area (Å²) in [4.78, 5) is 0. The molecule has 0 saturated heterocycles. The van der Waals surface area contributed by atoms with Crippen molar-refractivity contribution < 1.29 is 4.74 Å². The predicted molar refractivity (Wildman–Crippen MR) is 31.3 cm³/mol. The Morgan fingerprint density at radius 3 is 2.86 bits per heavy atom. The molecule has 2 heteroatoms. The van der Waals surface area contributed by atoms with Gasteiger partial charge in [0.25, 0.3) is 0 Å². The second-order valence-corrected chi connectivity index (χ2v) is 1.40. The third-order valence-corrected chi connectivity index (χ3v) is 0.756. The highest BCUT2D eigenvalue weighted by Gasteiger charge is 1.80. The molecule has 0 unspecified atom stereocenters. The topological polar surface area (TPSA) is 9.23 Å². The van der Waals surface area contributed by atoms with Crippen LogP contribution in [0.4, 0.5) is 0 Å². The molecule has 0 aromatic heterocycles. The molecule has 0 aliphatic heterocycles. The van der Waals surface area contributed by atoms with Gasteiger partial charge in [-0.15, -0.1) is 0 Å². The lowest BCUT2D eigenvalue weighted by Gasteiger charge is -1.92. The lowest BCUT2D eigenvalue weighted by molar-refractivity contribution is 0.200. The average Bonchev–Trinajstić information content (AvgIpc) is 1.69. The molecule has 0 N–H and O–H groups in total. The lowest BCUT2D eigenvalue weighted by atomic mass is 10.4. The molecule has 0 saturated carbocycles. The summed E-state index contributed by atoms with van der Waals surface area (Å²) in [6.45, 7) is 2.75. The summed E-state index contributed by atoms with van der Waals surface area (Å²) in [5.74, 6) is 0. The number of halogens is 1. The van der Waals surface area contributed by atoms with E-state index < -0.39 is 0 Å². The van der Waals surface area contributed by atoms with Gasteiger partial charge in [0.15, 0.2) is 0 Å². The summed E-state index contributed by atoms with van der Waals surface area (Å²) in [5.41, 5.74) is 0. The van der Waals surface area contributed by atoms with Crippen molar-refractivity contribution in [2.75, 3.05) is 12.7 Å². The quantitative estimate of drug-likeness (QED) is 0.407. The maximum Gasteiger partial charge on any atom is 0.120 e. The first-order valence-electron chi connectivity index (χ1n) is 2.37. The minimum atomic E-state index is 0.302.